The van der Waals surface area contributed by atoms with Crippen LogP contribution in [-0.2, 0) is 4.79 Å². The summed E-state index contributed by atoms with van der Waals surface area (Å²) in [4.78, 5) is 15.8. The standard InChI is InChI=1S/C11H15N3O.2ClH/c15-11(9-3-6-12-7-4-9)14-10-2-1-5-13-8-10;;/h1-2,5,8-9,12H,3-4,6-7H2,(H,14,15);2*1H. The molecular weight excluding hydrogens is 261 g/mol. The normalized spacial score (nSPS) is 15.3. The predicted octanol–water partition coefficient (Wildman–Crippen LogP) is 1.86. The lowest BCUT2D eigenvalue weighted by molar-refractivity contribution is -0.120. The number of anilines is 1. The van der Waals surface area contributed by atoms with E-state index in [1.165, 1.54) is 0 Å². The zero-order valence-corrected chi connectivity index (χ0v) is 11.0. The first kappa shape index (κ1) is 16.2. The van der Waals surface area contributed by atoms with Crippen molar-refractivity contribution in [2.24, 2.45) is 5.92 Å². The Bertz CT molecular complexity index is 329. The molecule has 1 amide bonds. The second kappa shape index (κ2) is 8.28. The highest BCUT2D eigenvalue weighted by Crippen LogP contribution is 2.14. The molecule has 1 fully saturated rings. The fourth-order valence-corrected chi connectivity index (χ4v) is 1.77. The van der Waals surface area contributed by atoms with E-state index in [-0.39, 0.29) is 36.6 Å². The summed E-state index contributed by atoms with van der Waals surface area (Å²) < 4.78 is 0. The van der Waals surface area contributed by atoms with E-state index in [0.29, 0.717) is 0 Å². The summed E-state index contributed by atoms with van der Waals surface area (Å²) in [6.07, 6.45) is 5.21. The molecule has 1 saturated heterocycles. The van der Waals surface area contributed by atoms with Crippen molar-refractivity contribution in [3.8, 4) is 0 Å². The maximum Gasteiger partial charge on any atom is 0.227 e. The lowest BCUT2D eigenvalue weighted by Crippen LogP contribution is -2.34. The van der Waals surface area contributed by atoms with E-state index < -0.39 is 0 Å². The van der Waals surface area contributed by atoms with Crippen LogP contribution in [-0.4, -0.2) is 24.0 Å². The van der Waals surface area contributed by atoms with Crippen molar-refractivity contribution in [3.05, 3.63) is 24.5 Å². The van der Waals surface area contributed by atoms with Crippen molar-refractivity contribution >= 4 is 36.4 Å². The van der Waals surface area contributed by atoms with Crippen LogP contribution in [0.25, 0.3) is 0 Å². The number of pyridine rings is 1. The molecule has 2 N–H and O–H groups in total. The summed E-state index contributed by atoms with van der Waals surface area (Å²) in [5, 5.41) is 6.12. The molecule has 0 aromatic carbocycles. The Morgan fingerprint density at radius 1 is 1.35 bits per heavy atom. The molecule has 0 unspecified atom stereocenters. The molecule has 0 bridgehead atoms. The Hall–Kier alpha value is -0.840. The van der Waals surface area contributed by atoms with Crippen molar-refractivity contribution in [3.63, 3.8) is 0 Å². The number of carbonyl (C=O) groups excluding carboxylic acids is 1. The molecule has 1 aromatic rings. The molecule has 0 atom stereocenters. The van der Waals surface area contributed by atoms with Gasteiger partial charge in [0.15, 0.2) is 0 Å². The van der Waals surface area contributed by atoms with Crippen molar-refractivity contribution in [2.75, 3.05) is 18.4 Å². The number of hydrogen-bond donors (Lipinski definition) is 2. The van der Waals surface area contributed by atoms with Crippen LogP contribution < -0.4 is 10.6 Å². The summed E-state index contributed by atoms with van der Waals surface area (Å²) in [5.41, 5.74) is 0.779. The van der Waals surface area contributed by atoms with Crippen LogP contribution in [0.3, 0.4) is 0 Å². The monoisotopic (exact) mass is 277 g/mol. The minimum absolute atomic E-state index is 0. The Balaban J connectivity index is 0.00000128. The van der Waals surface area contributed by atoms with Crippen LogP contribution in [0.4, 0.5) is 5.69 Å². The van der Waals surface area contributed by atoms with Gasteiger partial charge in [-0.2, -0.15) is 0 Å². The van der Waals surface area contributed by atoms with Crippen LogP contribution in [0, 0.1) is 5.92 Å². The predicted molar refractivity (Wildman–Crippen MR) is 73.0 cm³/mol. The Morgan fingerprint density at radius 2 is 2.06 bits per heavy atom. The van der Waals surface area contributed by atoms with E-state index in [9.17, 15) is 4.79 Å². The van der Waals surface area contributed by atoms with Gasteiger partial charge in [0.2, 0.25) is 5.91 Å². The lowest BCUT2D eigenvalue weighted by Gasteiger charge is -2.21. The van der Waals surface area contributed by atoms with E-state index >= 15 is 0 Å². The molecule has 4 nitrogen and oxygen atoms in total. The highest BCUT2D eigenvalue weighted by Gasteiger charge is 2.20. The Morgan fingerprint density at radius 3 is 2.65 bits per heavy atom. The van der Waals surface area contributed by atoms with Gasteiger partial charge in [0, 0.05) is 12.1 Å². The van der Waals surface area contributed by atoms with Crippen LogP contribution in [0.1, 0.15) is 12.8 Å². The number of hydrogen-bond acceptors (Lipinski definition) is 3. The largest absolute Gasteiger partial charge is 0.324 e. The molecule has 6 heteroatoms. The number of nitrogens with zero attached hydrogens (tertiary/aromatic N) is 1. The topological polar surface area (TPSA) is 54.0 Å². The van der Waals surface area contributed by atoms with Gasteiger partial charge in [0.05, 0.1) is 11.9 Å². The van der Waals surface area contributed by atoms with Gasteiger partial charge in [-0.1, -0.05) is 0 Å². The van der Waals surface area contributed by atoms with Gasteiger partial charge in [-0.25, -0.2) is 0 Å². The third-order valence-corrected chi connectivity index (χ3v) is 2.64. The number of carbonyl (C=O) groups is 1. The van der Waals surface area contributed by atoms with Crippen molar-refractivity contribution in [2.45, 2.75) is 12.8 Å². The SMILES string of the molecule is Cl.Cl.O=C(Nc1cccnc1)C1CCNCC1. The molecular formula is C11H17Cl2N3O. The van der Waals surface area contributed by atoms with Gasteiger partial charge in [0.1, 0.15) is 0 Å². The summed E-state index contributed by atoms with van der Waals surface area (Å²) in [7, 11) is 0. The Labute approximate surface area is 113 Å². The second-order valence-electron chi connectivity index (χ2n) is 3.76. The maximum absolute atomic E-state index is 11.8. The van der Waals surface area contributed by atoms with Crippen LogP contribution >= 0.6 is 24.8 Å². The summed E-state index contributed by atoms with van der Waals surface area (Å²) >= 11 is 0. The zero-order chi connectivity index (χ0) is 10.5. The van der Waals surface area contributed by atoms with Crippen molar-refractivity contribution in [1.29, 1.82) is 0 Å². The van der Waals surface area contributed by atoms with Gasteiger partial charge in [-0.05, 0) is 38.1 Å². The molecule has 0 spiro atoms. The summed E-state index contributed by atoms with van der Waals surface area (Å²) in [6.45, 7) is 1.87. The number of piperidine rings is 1. The molecule has 2 heterocycles. The average molecular weight is 278 g/mol. The molecule has 1 aliphatic heterocycles. The van der Waals surface area contributed by atoms with Gasteiger partial charge in [-0.3, -0.25) is 9.78 Å². The number of rotatable bonds is 2. The smallest absolute Gasteiger partial charge is 0.227 e. The fraction of sp³-hybridized carbons (Fsp3) is 0.455. The van der Waals surface area contributed by atoms with E-state index in [4.69, 9.17) is 0 Å². The van der Waals surface area contributed by atoms with E-state index in [0.717, 1.165) is 31.6 Å². The fourth-order valence-electron chi connectivity index (χ4n) is 1.77. The maximum atomic E-state index is 11.8. The van der Waals surface area contributed by atoms with Crippen LogP contribution in [0.2, 0.25) is 0 Å². The number of nitrogens with one attached hydrogen (secondary N) is 2. The van der Waals surface area contributed by atoms with E-state index in [1.807, 2.05) is 12.1 Å². The number of amides is 1. The molecule has 0 radical (unpaired) electrons. The minimum Gasteiger partial charge on any atom is -0.324 e. The lowest BCUT2D eigenvalue weighted by atomic mass is 9.97. The number of aromatic nitrogens is 1. The molecule has 0 aliphatic carbocycles. The van der Waals surface area contributed by atoms with Crippen LogP contribution in [0.5, 0.6) is 0 Å². The van der Waals surface area contributed by atoms with Crippen LogP contribution in [0.15, 0.2) is 24.5 Å². The van der Waals surface area contributed by atoms with Gasteiger partial charge >= 0.3 is 0 Å². The van der Waals surface area contributed by atoms with Crippen molar-refractivity contribution < 1.29 is 4.79 Å². The van der Waals surface area contributed by atoms with Gasteiger partial charge in [0.25, 0.3) is 0 Å². The summed E-state index contributed by atoms with van der Waals surface area (Å²) in [5.74, 6) is 0.260. The zero-order valence-electron chi connectivity index (χ0n) is 9.39. The van der Waals surface area contributed by atoms with E-state index in [2.05, 4.69) is 15.6 Å². The number of halogens is 2. The average Bonchev–Trinajstić information content (AvgIpc) is 2.31. The first-order chi connectivity index (χ1) is 7.36. The molecule has 1 aliphatic rings. The third kappa shape index (κ3) is 4.89. The van der Waals surface area contributed by atoms with Crippen molar-refractivity contribution in [1.82, 2.24) is 10.3 Å². The molecule has 0 saturated carbocycles. The quantitative estimate of drug-likeness (QED) is 0.868. The second-order valence-corrected chi connectivity index (χ2v) is 3.76. The highest BCUT2D eigenvalue weighted by molar-refractivity contribution is 5.92. The summed E-state index contributed by atoms with van der Waals surface area (Å²) in [6, 6.07) is 3.67. The molecule has 96 valence electrons. The molecule has 2 rings (SSSR count). The Kier molecular flexibility index (Phi) is 7.87. The third-order valence-electron chi connectivity index (χ3n) is 2.64. The first-order valence-electron chi connectivity index (χ1n) is 5.28. The first-order valence-corrected chi connectivity index (χ1v) is 5.28. The van der Waals surface area contributed by atoms with Gasteiger partial charge in [-0.15, -0.1) is 24.8 Å². The van der Waals surface area contributed by atoms with E-state index in [1.54, 1.807) is 12.4 Å². The minimum atomic E-state index is 0. The highest BCUT2D eigenvalue weighted by atomic mass is 35.5. The van der Waals surface area contributed by atoms with Gasteiger partial charge < -0.3 is 10.6 Å². The molecule has 17 heavy (non-hydrogen) atoms. The molecule has 1 aromatic heterocycles.